The molecule has 1 fully saturated rings. The van der Waals surface area contributed by atoms with Gasteiger partial charge in [0.15, 0.2) is 0 Å². The molecule has 5 heteroatoms. The van der Waals surface area contributed by atoms with E-state index in [1.807, 2.05) is 30.3 Å². The minimum absolute atomic E-state index is 0.0610. The molecule has 0 spiro atoms. The van der Waals surface area contributed by atoms with Crippen molar-refractivity contribution in [2.75, 3.05) is 0 Å². The zero-order valence-corrected chi connectivity index (χ0v) is 12.8. The third-order valence-corrected chi connectivity index (χ3v) is 4.13. The lowest BCUT2D eigenvalue weighted by atomic mass is 9.86. The Bertz CT molecular complexity index is 495. The number of carbonyl (C=O) groups excluding carboxylic acids is 1. The molecule has 1 unspecified atom stereocenters. The summed E-state index contributed by atoms with van der Waals surface area (Å²) in [5.41, 5.74) is 1.03. The molecule has 0 heterocycles. The summed E-state index contributed by atoms with van der Waals surface area (Å²) >= 11 is 0. The van der Waals surface area contributed by atoms with Crippen molar-refractivity contribution >= 4 is 11.9 Å². The number of nitrogens with one attached hydrogen (secondary N) is 1. The molecule has 1 atom stereocenters. The van der Waals surface area contributed by atoms with Crippen LogP contribution in [0.15, 0.2) is 30.3 Å². The van der Waals surface area contributed by atoms with Crippen molar-refractivity contribution in [1.82, 2.24) is 5.32 Å². The summed E-state index contributed by atoms with van der Waals surface area (Å²) in [4.78, 5) is 23.0. The summed E-state index contributed by atoms with van der Waals surface area (Å²) in [6, 6.07) is 9.78. The quantitative estimate of drug-likeness (QED) is 0.846. The molecular formula is C17H23NO4. The van der Waals surface area contributed by atoms with Crippen LogP contribution >= 0.6 is 0 Å². The van der Waals surface area contributed by atoms with Gasteiger partial charge in [0.2, 0.25) is 5.91 Å². The van der Waals surface area contributed by atoms with E-state index in [1.165, 1.54) is 0 Å². The molecule has 120 valence electrons. The van der Waals surface area contributed by atoms with Crippen LogP contribution < -0.4 is 5.32 Å². The van der Waals surface area contributed by atoms with Gasteiger partial charge in [-0.25, -0.2) is 0 Å². The zero-order chi connectivity index (χ0) is 15.9. The summed E-state index contributed by atoms with van der Waals surface area (Å²) in [5.74, 6) is -1.13. The van der Waals surface area contributed by atoms with E-state index in [9.17, 15) is 9.59 Å². The Morgan fingerprint density at radius 2 is 1.86 bits per heavy atom. The van der Waals surface area contributed by atoms with Gasteiger partial charge >= 0.3 is 5.97 Å². The molecule has 0 aliphatic heterocycles. The lowest BCUT2D eigenvalue weighted by Crippen LogP contribution is -2.43. The summed E-state index contributed by atoms with van der Waals surface area (Å²) in [7, 11) is 0. The van der Waals surface area contributed by atoms with Crippen molar-refractivity contribution in [3.05, 3.63) is 35.9 Å². The van der Waals surface area contributed by atoms with Gasteiger partial charge in [-0.2, -0.15) is 0 Å². The normalized spacial score (nSPS) is 22.8. The second-order valence-electron chi connectivity index (χ2n) is 5.83. The monoisotopic (exact) mass is 305 g/mol. The number of aliphatic carboxylic acids is 1. The molecule has 1 aromatic carbocycles. The predicted molar refractivity (Wildman–Crippen MR) is 82.2 cm³/mol. The van der Waals surface area contributed by atoms with Crippen molar-refractivity contribution in [2.24, 2.45) is 5.92 Å². The summed E-state index contributed by atoms with van der Waals surface area (Å²) in [5, 5.41) is 11.9. The summed E-state index contributed by atoms with van der Waals surface area (Å²) in [6.45, 7) is 2.14. The first-order valence-electron chi connectivity index (χ1n) is 7.75. The third kappa shape index (κ3) is 4.84. The van der Waals surface area contributed by atoms with Crippen molar-refractivity contribution in [3.63, 3.8) is 0 Å². The topological polar surface area (TPSA) is 75.6 Å². The molecule has 1 aliphatic carbocycles. The first-order valence-corrected chi connectivity index (χ1v) is 7.75. The standard InChI is InChI=1S/C17H23NO4/c1-12(22-11-13-5-3-2-4-6-13)16(19)18-15-9-7-14(8-10-15)17(20)21/h2-6,12,14-15H,7-11H2,1H3,(H,18,19)(H,20,21). The van der Waals surface area contributed by atoms with Crippen molar-refractivity contribution in [3.8, 4) is 0 Å². The van der Waals surface area contributed by atoms with E-state index in [1.54, 1.807) is 6.92 Å². The van der Waals surface area contributed by atoms with Gasteiger partial charge < -0.3 is 15.2 Å². The number of carboxylic acids is 1. The number of rotatable bonds is 6. The van der Waals surface area contributed by atoms with E-state index >= 15 is 0 Å². The van der Waals surface area contributed by atoms with Gasteiger partial charge in [-0.15, -0.1) is 0 Å². The van der Waals surface area contributed by atoms with Crippen LogP contribution in [0, 0.1) is 5.92 Å². The second kappa shape index (κ2) is 7.94. The fourth-order valence-electron chi connectivity index (χ4n) is 2.67. The van der Waals surface area contributed by atoms with Crippen LogP contribution in [0.5, 0.6) is 0 Å². The van der Waals surface area contributed by atoms with Gasteiger partial charge in [-0.1, -0.05) is 30.3 Å². The van der Waals surface area contributed by atoms with Gasteiger partial charge in [0.1, 0.15) is 6.10 Å². The largest absolute Gasteiger partial charge is 0.481 e. The fourth-order valence-corrected chi connectivity index (χ4v) is 2.67. The number of amides is 1. The molecule has 0 saturated heterocycles. The van der Waals surface area contributed by atoms with E-state index in [-0.39, 0.29) is 17.9 Å². The van der Waals surface area contributed by atoms with Crippen LogP contribution in [0.3, 0.4) is 0 Å². The highest BCUT2D eigenvalue weighted by Crippen LogP contribution is 2.24. The Morgan fingerprint density at radius 3 is 2.45 bits per heavy atom. The Kier molecular flexibility index (Phi) is 5.95. The van der Waals surface area contributed by atoms with Crippen LogP contribution in [0.25, 0.3) is 0 Å². The second-order valence-corrected chi connectivity index (χ2v) is 5.83. The molecule has 22 heavy (non-hydrogen) atoms. The molecule has 1 amide bonds. The first-order chi connectivity index (χ1) is 10.6. The number of benzene rings is 1. The summed E-state index contributed by atoms with van der Waals surface area (Å²) < 4.78 is 5.58. The van der Waals surface area contributed by atoms with Crippen molar-refractivity contribution in [2.45, 2.75) is 51.4 Å². The Labute approximate surface area is 130 Å². The third-order valence-electron chi connectivity index (χ3n) is 4.13. The maximum Gasteiger partial charge on any atom is 0.306 e. The lowest BCUT2D eigenvalue weighted by molar-refractivity contribution is -0.143. The first kappa shape index (κ1) is 16.5. The molecule has 0 bridgehead atoms. The average molecular weight is 305 g/mol. The van der Waals surface area contributed by atoms with Crippen LogP contribution in [-0.4, -0.2) is 29.1 Å². The van der Waals surface area contributed by atoms with Crippen molar-refractivity contribution in [1.29, 1.82) is 0 Å². The molecule has 2 N–H and O–H groups in total. The van der Waals surface area contributed by atoms with Gasteiger partial charge in [-0.3, -0.25) is 9.59 Å². The minimum atomic E-state index is -0.732. The molecular weight excluding hydrogens is 282 g/mol. The van der Waals surface area contributed by atoms with Gasteiger partial charge in [0, 0.05) is 6.04 Å². The number of carboxylic acid groups (broad SMARTS) is 1. The molecule has 2 rings (SSSR count). The lowest BCUT2D eigenvalue weighted by Gasteiger charge is -2.27. The van der Waals surface area contributed by atoms with Crippen molar-refractivity contribution < 1.29 is 19.4 Å². The highest BCUT2D eigenvalue weighted by atomic mass is 16.5. The molecule has 1 aliphatic rings. The molecule has 5 nitrogen and oxygen atoms in total. The van der Waals surface area contributed by atoms with E-state index in [0.717, 1.165) is 5.56 Å². The van der Waals surface area contributed by atoms with E-state index in [2.05, 4.69) is 5.32 Å². The smallest absolute Gasteiger partial charge is 0.306 e. The number of hydrogen-bond donors (Lipinski definition) is 2. The predicted octanol–water partition coefficient (Wildman–Crippen LogP) is 2.35. The molecule has 1 aromatic rings. The Morgan fingerprint density at radius 1 is 1.23 bits per heavy atom. The number of hydrogen-bond acceptors (Lipinski definition) is 3. The Hall–Kier alpha value is -1.88. The van der Waals surface area contributed by atoms with Gasteiger partial charge in [0.25, 0.3) is 0 Å². The van der Waals surface area contributed by atoms with Crippen LogP contribution in [-0.2, 0) is 20.9 Å². The number of carbonyl (C=O) groups is 2. The molecule has 1 saturated carbocycles. The van der Waals surface area contributed by atoms with Crippen LogP contribution in [0.1, 0.15) is 38.2 Å². The maximum atomic E-state index is 12.1. The molecule has 0 aromatic heterocycles. The highest BCUT2D eigenvalue weighted by Gasteiger charge is 2.27. The highest BCUT2D eigenvalue weighted by molar-refractivity contribution is 5.80. The van der Waals surface area contributed by atoms with E-state index in [4.69, 9.17) is 9.84 Å². The maximum absolute atomic E-state index is 12.1. The zero-order valence-electron chi connectivity index (χ0n) is 12.8. The Balaban J connectivity index is 1.71. The fraction of sp³-hybridized carbons (Fsp3) is 0.529. The van der Waals surface area contributed by atoms with Crippen LogP contribution in [0.4, 0.5) is 0 Å². The average Bonchev–Trinajstić information content (AvgIpc) is 2.54. The molecule has 0 radical (unpaired) electrons. The van der Waals surface area contributed by atoms with E-state index in [0.29, 0.717) is 32.3 Å². The van der Waals surface area contributed by atoms with E-state index < -0.39 is 12.1 Å². The number of ether oxygens (including phenoxy) is 1. The SMILES string of the molecule is CC(OCc1ccccc1)C(=O)NC1CCC(C(=O)O)CC1. The van der Waals surface area contributed by atoms with Crippen LogP contribution in [0.2, 0.25) is 0 Å². The minimum Gasteiger partial charge on any atom is -0.481 e. The summed E-state index contributed by atoms with van der Waals surface area (Å²) in [6.07, 6.45) is 2.17. The van der Waals surface area contributed by atoms with Gasteiger partial charge in [0.05, 0.1) is 12.5 Å². The van der Waals surface area contributed by atoms with Gasteiger partial charge in [-0.05, 0) is 38.2 Å².